The smallest absolute Gasteiger partial charge is 0.251 e. The van der Waals surface area contributed by atoms with Gasteiger partial charge in [0.25, 0.3) is 5.91 Å². The van der Waals surface area contributed by atoms with Crippen molar-refractivity contribution in [2.24, 2.45) is 17.2 Å². The molecular weight excluding hydrogens is 702 g/mol. The maximum Gasteiger partial charge on any atom is 0.251 e. The molecule has 4 aromatic rings. The first-order valence-electron chi connectivity index (χ1n) is 17.9. The van der Waals surface area contributed by atoms with E-state index < -0.39 is 54.2 Å². The number of amides is 5. The summed E-state index contributed by atoms with van der Waals surface area (Å²) in [5.41, 5.74) is 22.7. The number of carbonyl (C=O) groups excluding carboxylic acids is 5. The fraction of sp³-hybridized carbons (Fsp3) is 0.293. The van der Waals surface area contributed by atoms with E-state index in [-0.39, 0.29) is 32.7 Å². The molecule has 0 aromatic heterocycles. The zero-order chi connectivity index (χ0) is 39.6. The lowest BCUT2D eigenvalue weighted by molar-refractivity contribution is -0.139. The number of carbonyl (C=O) groups is 5. The van der Waals surface area contributed by atoms with Gasteiger partial charge in [0.2, 0.25) is 23.6 Å². The van der Waals surface area contributed by atoms with Crippen molar-refractivity contribution < 1.29 is 33.4 Å². The van der Waals surface area contributed by atoms with Crippen molar-refractivity contribution in [3.63, 3.8) is 0 Å². The maximum atomic E-state index is 14.1. The topological polar surface area (TPSA) is 221 Å². The third-order valence-corrected chi connectivity index (χ3v) is 9.22. The Kier molecular flexibility index (Phi) is 13.2. The summed E-state index contributed by atoms with van der Waals surface area (Å²) in [7, 11) is 1.43. The number of hydrogen-bond acceptors (Lipinski definition) is 9. The molecule has 3 atom stereocenters. The van der Waals surface area contributed by atoms with Crippen LogP contribution in [0.4, 0.5) is 0 Å². The minimum absolute atomic E-state index is 0.0487. The Morgan fingerprint density at radius 2 is 1.38 bits per heavy atom. The van der Waals surface area contributed by atoms with Crippen LogP contribution in [0.25, 0.3) is 22.3 Å². The number of hydrogen-bond donors (Lipinski definition) is 6. The monoisotopic (exact) mass is 749 g/mol. The predicted octanol–water partition coefficient (Wildman–Crippen LogP) is 1.96. The molecule has 1 aliphatic rings. The van der Waals surface area contributed by atoms with Crippen LogP contribution in [0.2, 0.25) is 0 Å². The van der Waals surface area contributed by atoms with Gasteiger partial charge >= 0.3 is 0 Å². The fourth-order valence-electron chi connectivity index (χ4n) is 6.18. The Balaban J connectivity index is 1.49. The fourth-order valence-corrected chi connectivity index (χ4v) is 6.18. The lowest BCUT2D eigenvalue weighted by Crippen LogP contribution is -2.54. The number of nitrogens with one attached hydrogen (secondary N) is 3. The van der Waals surface area contributed by atoms with E-state index in [0.717, 1.165) is 16.7 Å². The van der Waals surface area contributed by atoms with Gasteiger partial charge in [-0.3, -0.25) is 24.0 Å². The van der Waals surface area contributed by atoms with Crippen LogP contribution in [0.15, 0.2) is 84.9 Å². The minimum atomic E-state index is -1.29. The number of nitrogens with zero attached hydrogens (tertiary/aromatic N) is 1. The molecule has 288 valence electrons. The Labute approximate surface area is 319 Å². The van der Waals surface area contributed by atoms with Gasteiger partial charge in [-0.25, -0.2) is 0 Å². The normalized spacial score (nSPS) is 16.9. The number of aryl methyl sites for hydroxylation is 1. The number of fused-ring (bicyclic) bond motifs is 5. The first-order valence-corrected chi connectivity index (χ1v) is 17.9. The van der Waals surface area contributed by atoms with Gasteiger partial charge in [-0.2, -0.15) is 0 Å². The second kappa shape index (κ2) is 18.2. The zero-order valence-corrected chi connectivity index (χ0v) is 31.1. The zero-order valence-electron chi connectivity index (χ0n) is 31.1. The van der Waals surface area contributed by atoms with E-state index in [1.165, 1.54) is 18.9 Å². The number of rotatable bonds is 12. The van der Waals surface area contributed by atoms with Crippen LogP contribution in [-0.2, 0) is 25.6 Å². The van der Waals surface area contributed by atoms with Crippen molar-refractivity contribution in [3.8, 4) is 33.8 Å². The Morgan fingerprint density at radius 3 is 1.98 bits per heavy atom. The molecule has 5 amide bonds. The summed E-state index contributed by atoms with van der Waals surface area (Å²) in [5, 5.41) is 7.96. The molecule has 4 aromatic carbocycles. The highest BCUT2D eigenvalue weighted by Crippen LogP contribution is 2.40. The quantitative estimate of drug-likeness (QED) is 0.125. The molecule has 0 saturated heterocycles. The van der Waals surface area contributed by atoms with Gasteiger partial charge in [0.1, 0.15) is 42.8 Å². The lowest BCUT2D eigenvalue weighted by atomic mass is 9.93. The summed E-state index contributed by atoms with van der Waals surface area (Å²) >= 11 is 0. The molecular formula is C41H47N7O7. The summed E-state index contributed by atoms with van der Waals surface area (Å²) in [6.45, 7) is 3.85. The molecule has 0 unspecified atom stereocenters. The van der Waals surface area contributed by atoms with Gasteiger partial charge < -0.3 is 47.5 Å². The molecule has 14 nitrogen and oxygen atoms in total. The lowest BCUT2D eigenvalue weighted by Gasteiger charge is -2.30. The highest BCUT2D eigenvalue weighted by atomic mass is 16.5. The average molecular weight is 750 g/mol. The summed E-state index contributed by atoms with van der Waals surface area (Å²) in [5.74, 6) is -2.34. The Morgan fingerprint density at radius 1 is 0.800 bits per heavy atom. The predicted molar refractivity (Wildman–Crippen MR) is 208 cm³/mol. The molecule has 14 heteroatoms. The van der Waals surface area contributed by atoms with Gasteiger partial charge in [-0.05, 0) is 72.5 Å². The Hall–Kier alpha value is -6.25. The van der Waals surface area contributed by atoms with E-state index >= 15 is 0 Å². The van der Waals surface area contributed by atoms with Crippen molar-refractivity contribution in [2.45, 2.75) is 38.4 Å². The molecule has 55 heavy (non-hydrogen) atoms. The molecule has 1 aliphatic heterocycles. The standard InChI is InChI=1S/C41H47N7O7/c1-24-4-7-27(8-5-24)28-9-11-29(12-10-28)40(52)45-23-36(49)48(3)37-30-13-15-35(55-19-17-43)32(22-30)31-20-26(6-14-34(31)54-18-16-42)21-33(38(44)50)47-39(51)25(2)46-41(37)53/h4-15,20,22,25,33,37H,16-19,21,23,42-43H2,1-3H3,(H2,44,50)(H,45,52)(H,46,53)(H,47,51)/t25-,33-,37-/m0/s1. The molecule has 0 saturated carbocycles. The van der Waals surface area contributed by atoms with E-state index in [2.05, 4.69) is 16.0 Å². The van der Waals surface area contributed by atoms with Crippen LogP contribution in [0, 0.1) is 6.92 Å². The molecule has 1 heterocycles. The van der Waals surface area contributed by atoms with Gasteiger partial charge in [0, 0.05) is 43.2 Å². The number of ether oxygens (including phenoxy) is 2. The molecule has 4 bridgehead atoms. The molecule has 0 aliphatic carbocycles. The van der Waals surface area contributed by atoms with Gasteiger partial charge in [-0.15, -0.1) is 0 Å². The van der Waals surface area contributed by atoms with Crippen LogP contribution < -0.4 is 42.6 Å². The Bertz CT molecular complexity index is 2040. The third kappa shape index (κ3) is 9.85. The van der Waals surface area contributed by atoms with E-state index in [1.54, 1.807) is 48.5 Å². The molecule has 0 fully saturated rings. The van der Waals surface area contributed by atoms with Crippen molar-refractivity contribution >= 4 is 29.5 Å². The highest BCUT2D eigenvalue weighted by molar-refractivity contribution is 5.98. The van der Waals surface area contributed by atoms with Crippen molar-refractivity contribution in [1.29, 1.82) is 0 Å². The number of likely N-dealkylation sites (N-methyl/N-ethyl adjacent to an activating group) is 1. The highest BCUT2D eigenvalue weighted by Gasteiger charge is 2.33. The van der Waals surface area contributed by atoms with Crippen LogP contribution in [0.3, 0.4) is 0 Å². The summed E-state index contributed by atoms with van der Waals surface area (Å²) in [6.07, 6.45) is 0.0487. The van der Waals surface area contributed by atoms with Crippen molar-refractivity contribution in [2.75, 3.05) is 39.9 Å². The minimum Gasteiger partial charge on any atom is -0.492 e. The van der Waals surface area contributed by atoms with E-state index in [9.17, 15) is 24.0 Å². The largest absolute Gasteiger partial charge is 0.492 e. The summed E-state index contributed by atoms with van der Waals surface area (Å²) < 4.78 is 12.0. The summed E-state index contributed by atoms with van der Waals surface area (Å²) in [6, 6.07) is 21.8. The third-order valence-electron chi connectivity index (χ3n) is 9.22. The van der Waals surface area contributed by atoms with Gasteiger partial charge in [-0.1, -0.05) is 54.1 Å². The van der Waals surface area contributed by atoms with Gasteiger partial charge in [0.15, 0.2) is 0 Å². The van der Waals surface area contributed by atoms with E-state index in [1.807, 2.05) is 43.3 Å². The van der Waals surface area contributed by atoms with Crippen molar-refractivity contribution in [1.82, 2.24) is 20.9 Å². The van der Waals surface area contributed by atoms with Crippen LogP contribution >= 0.6 is 0 Å². The maximum absolute atomic E-state index is 14.1. The number of nitrogens with two attached hydrogens (primary N) is 3. The molecule has 0 radical (unpaired) electrons. The second-order valence-electron chi connectivity index (χ2n) is 13.3. The van der Waals surface area contributed by atoms with Crippen LogP contribution in [0.1, 0.15) is 40.0 Å². The second-order valence-corrected chi connectivity index (χ2v) is 13.3. The molecule has 9 N–H and O–H groups in total. The van der Waals surface area contributed by atoms with Crippen molar-refractivity contribution in [3.05, 3.63) is 107 Å². The number of primary amides is 1. The number of benzene rings is 4. The van der Waals surface area contributed by atoms with E-state index in [4.69, 9.17) is 26.7 Å². The average Bonchev–Trinajstić information content (AvgIpc) is 3.18. The first-order chi connectivity index (χ1) is 26.4. The van der Waals surface area contributed by atoms with Crippen LogP contribution in [0.5, 0.6) is 11.5 Å². The first kappa shape index (κ1) is 39.9. The van der Waals surface area contributed by atoms with E-state index in [0.29, 0.717) is 39.3 Å². The SMILES string of the molecule is Cc1ccc(-c2ccc(C(=O)NCC(=O)N(C)[C@@H]3C(=O)N[C@@H](C)C(=O)N[C@H](C(N)=O)Cc4ccc(OCCN)c(c4)-c4cc3ccc4OCCN)cc2)cc1. The molecule has 0 spiro atoms. The summed E-state index contributed by atoms with van der Waals surface area (Å²) in [4.78, 5) is 68.0. The van der Waals surface area contributed by atoms with Gasteiger partial charge in [0.05, 0.1) is 6.54 Å². The molecule has 5 rings (SSSR count). The van der Waals surface area contributed by atoms with Crippen LogP contribution in [-0.4, -0.2) is 86.4 Å².